The lowest BCUT2D eigenvalue weighted by molar-refractivity contribution is 0.0636. The van der Waals surface area contributed by atoms with Crippen molar-refractivity contribution >= 4 is 0 Å². The van der Waals surface area contributed by atoms with Gasteiger partial charge in [-0.2, -0.15) is 5.10 Å². The number of hydrogen-bond acceptors (Lipinski definition) is 4. The zero-order valence-corrected chi connectivity index (χ0v) is 11.8. The van der Waals surface area contributed by atoms with Crippen LogP contribution >= 0.6 is 0 Å². The average Bonchev–Trinajstić information content (AvgIpc) is 3.04. The maximum Gasteiger partial charge on any atom is 0.0701 e. The van der Waals surface area contributed by atoms with Crippen LogP contribution in [0.25, 0.3) is 0 Å². The molecule has 1 aliphatic rings. The zero-order chi connectivity index (χ0) is 13.5. The molecule has 0 aromatic carbocycles. The molecule has 5 nitrogen and oxygen atoms in total. The summed E-state index contributed by atoms with van der Waals surface area (Å²) in [5.41, 5.74) is 7.10. The fraction of sp³-hybridized carbons (Fsp3) is 0.786. The standard InChI is InChI=1S/C14H25N3O2/c1-18-8-9-19-11-12(15)10-13-6-7-17(16-13)14-4-2-3-5-14/h6-7,12,14H,2-5,8-11,15H2,1H3. The lowest BCUT2D eigenvalue weighted by Gasteiger charge is -2.11. The van der Waals surface area contributed by atoms with Crippen LogP contribution in [0.2, 0.25) is 0 Å². The van der Waals surface area contributed by atoms with E-state index in [1.165, 1.54) is 25.7 Å². The monoisotopic (exact) mass is 267 g/mol. The SMILES string of the molecule is COCCOCC(N)Cc1ccn(C2CCCC2)n1. The minimum Gasteiger partial charge on any atom is -0.382 e. The van der Waals surface area contributed by atoms with Crippen LogP contribution in [0.5, 0.6) is 0 Å². The van der Waals surface area contributed by atoms with Gasteiger partial charge >= 0.3 is 0 Å². The van der Waals surface area contributed by atoms with Gasteiger partial charge in [0.1, 0.15) is 0 Å². The van der Waals surface area contributed by atoms with Crippen LogP contribution in [0.4, 0.5) is 0 Å². The first-order valence-electron chi connectivity index (χ1n) is 7.16. The third-order valence-electron chi connectivity index (χ3n) is 3.60. The van der Waals surface area contributed by atoms with Gasteiger partial charge in [-0.25, -0.2) is 0 Å². The minimum atomic E-state index is 0.00350. The van der Waals surface area contributed by atoms with Crippen molar-refractivity contribution in [1.82, 2.24) is 9.78 Å². The second-order valence-electron chi connectivity index (χ2n) is 5.26. The molecule has 0 aliphatic heterocycles. The van der Waals surface area contributed by atoms with Crippen LogP contribution in [-0.2, 0) is 15.9 Å². The highest BCUT2D eigenvalue weighted by molar-refractivity contribution is 5.02. The summed E-state index contributed by atoms with van der Waals surface area (Å²) in [5.74, 6) is 0. The van der Waals surface area contributed by atoms with Gasteiger partial charge in [0.2, 0.25) is 0 Å². The predicted octanol–water partition coefficient (Wildman–Crippen LogP) is 1.53. The molecule has 1 aromatic heterocycles. The molecule has 1 atom stereocenters. The number of ether oxygens (including phenoxy) is 2. The summed E-state index contributed by atoms with van der Waals surface area (Å²) in [6.45, 7) is 1.77. The summed E-state index contributed by atoms with van der Waals surface area (Å²) in [4.78, 5) is 0. The van der Waals surface area contributed by atoms with Crippen molar-refractivity contribution in [3.8, 4) is 0 Å². The van der Waals surface area contributed by atoms with Crippen LogP contribution in [0.1, 0.15) is 37.4 Å². The van der Waals surface area contributed by atoms with E-state index in [4.69, 9.17) is 15.2 Å². The van der Waals surface area contributed by atoms with Gasteiger partial charge in [0, 0.05) is 25.8 Å². The number of methoxy groups -OCH3 is 1. The molecule has 1 aliphatic carbocycles. The summed E-state index contributed by atoms with van der Waals surface area (Å²) >= 11 is 0. The van der Waals surface area contributed by atoms with Crippen molar-refractivity contribution in [3.63, 3.8) is 0 Å². The van der Waals surface area contributed by atoms with Crippen LogP contribution in [0.3, 0.4) is 0 Å². The summed E-state index contributed by atoms with van der Waals surface area (Å²) in [7, 11) is 1.67. The lowest BCUT2D eigenvalue weighted by Crippen LogP contribution is -2.29. The van der Waals surface area contributed by atoms with Crippen molar-refractivity contribution in [3.05, 3.63) is 18.0 Å². The first-order chi connectivity index (χ1) is 9.29. The largest absolute Gasteiger partial charge is 0.382 e. The van der Waals surface area contributed by atoms with Crippen molar-refractivity contribution in [2.24, 2.45) is 5.73 Å². The highest BCUT2D eigenvalue weighted by Gasteiger charge is 2.17. The van der Waals surface area contributed by atoms with Crippen molar-refractivity contribution in [1.29, 1.82) is 0 Å². The summed E-state index contributed by atoms with van der Waals surface area (Å²) < 4.78 is 12.5. The van der Waals surface area contributed by atoms with Gasteiger partial charge in [-0.1, -0.05) is 12.8 Å². The number of nitrogens with two attached hydrogens (primary N) is 1. The molecule has 0 bridgehead atoms. The van der Waals surface area contributed by atoms with Crippen LogP contribution in [0, 0.1) is 0 Å². The Kier molecular flexibility index (Phi) is 5.82. The van der Waals surface area contributed by atoms with Crippen LogP contribution in [0.15, 0.2) is 12.3 Å². The minimum absolute atomic E-state index is 0.00350. The fourth-order valence-corrected chi connectivity index (χ4v) is 2.56. The molecule has 1 aromatic rings. The molecule has 1 saturated carbocycles. The summed E-state index contributed by atoms with van der Waals surface area (Å²) in [6, 6.07) is 2.68. The van der Waals surface area contributed by atoms with E-state index in [0.717, 1.165) is 12.1 Å². The Hall–Kier alpha value is -0.910. The summed E-state index contributed by atoms with van der Waals surface area (Å²) in [6.07, 6.45) is 8.02. The first kappa shape index (κ1) is 14.5. The molecular weight excluding hydrogens is 242 g/mol. The Bertz CT molecular complexity index is 361. The lowest BCUT2D eigenvalue weighted by atomic mass is 10.2. The molecule has 0 saturated heterocycles. The molecule has 0 radical (unpaired) electrons. The number of aromatic nitrogens is 2. The fourth-order valence-electron chi connectivity index (χ4n) is 2.56. The van der Waals surface area contributed by atoms with E-state index in [1.807, 2.05) is 0 Å². The van der Waals surface area contributed by atoms with E-state index in [1.54, 1.807) is 7.11 Å². The van der Waals surface area contributed by atoms with Gasteiger partial charge in [-0.3, -0.25) is 4.68 Å². The Morgan fingerprint density at radius 2 is 2.21 bits per heavy atom. The van der Waals surface area contributed by atoms with Crippen LogP contribution in [-0.4, -0.2) is 42.8 Å². The van der Waals surface area contributed by atoms with Gasteiger partial charge in [0.15, 0.2) is 0 Å². The molecule has 2 rings (SSSR count). The van der Waals surface area contributed by atoms with E-state index in [-0.39, 0.29) is 6.04 Å². The van der Waals surface area contributed by atoms with Crippen LogP contribution < -0.4 is 5.73 Å². The molecule has 19 heavy (non-hydrogen) atoms. The van der Waals surface area contributed by atoms with E-state index in [2.05, 4.69) is 22.0 Å². The van der Waals surface area contributed by atoms with Crippen molar-refractivity contribution in [2.45, 2.75) is 44.2 Å². The number of nitrogens with zero attached hydrogens (tertiary/aromatic N) is 2. The average molecular weight is 267 g/mol. The smallest absolute Gasteiger partial charge is 0.0701 e. The van der Waals surface area contributed by atoms with E-state index in [0.29, 0.717) is 25.9 Å². The third kappa shape index (κ3) is 4.60. The molecule has 108 valence electrons. The quantitative estimate of drug-likeness (QED) is 0.726. The summed E-state index contributed by atoms with van der Waals surface area (Å²) in [5, 5.41) is 4.63. The molecule has 0 spiro atoms. The second kappa shape index (κ2) is 7.62. The second-order valence-corrected chi connectivity index (χ2v) is 5.26. The predicted molar refractivity (Wildman–Crippen MR) is 74.1 cm³/mol. The van der Waals surface area contributed by atoms with Gasteiger partial charge in [0.05, 0.1) is 31.6 Å². The molecule has 1 unspecified atom stereocenters. The van der Waals surface area contributed by atoms with Crippen molar-refractivity contribution in [2.75, 3.05) is 26.9 Å². The van der Waals surface area contributed by atoms with E-state index in [9.17, 15) is 0 Å². The maximum absolute atomic E-state index is 6.04. The van der Waals surface area contributed by atoms with Crippen molar-refractivity contribution < 1.29 is 9.47 Å². The molecule has 0 amide bonds. The Balaban J connectivity index is 1.72. The van der Waals surface area contributed by atoms with Gasteiger partial charge < -0.3 is 15.2 Å². The third-order valence-corrected chi connectivity index (χ3v) is 3.60. The highest BCUT2D eigenvalue weighted by atomic mass is 16.5. The highest BCUT2D eigenvalue weighted by Crippen LogP contribution is 2.28. The molecule has 5 heteroatoms. The Morgan fingerprint density at radius 1 is 1.42 bits per heavy atom. The van der Waals surface area contributed by atoms with Gasteiger partial charge in [0.25, 0.3) is 0 Å². The first-order valence-corrected chi connectivity index (χ1v) is 7.16. The molecule has 1 heterocycles. The zero-order valence-electron chi connectivity index (χ0n) is 11.8. The van der Waals surface area contributed by atoms with Gasteiger partial charge in [-0.15, -0.1) is 0 Å². The molecule has 1 fully saturated rings. The number of rotatable bonds is 8. The normalized spacial score (nSPS) is 18.0. The number of hydrogen-bond donors (Lipinski definition) is 1. The van der Waals surface area contributed by atoms with E-state index < -0.39 is 0 Å². The molecule has 2 N–H and O–H groups in total. The van der Waals surface area contributed by atoms with E-state index >= 15 is 0 Å². The van der Waals surface area contributed by atoms with Gasteiger partial charge in [-0.05, 0) is 18.9 Å². The Morgan fingerprint density at radius 3 is 2.95 bits per heavy atom. The molecular formula is C14H25N3O2. The topological polar surface area (TPSA) is 62.3 Å². The Labute approximate surface area is 115 Å². The maximum atomic E-state index is 6.04.